The quantitative estimate of drug-likeness (QED) is 0.559. The lowest BCUT2D eigenvalue weighted by Gasteiger charge is -2.08. The van der Waals surface area contributed by atoms with Crippen LogP contribution in [0.1, 0.15) is 16.1 Å². The Kier molecular flexibility index (Phi) is 3.46. The van der Waals surface area contributed by atoms with Crippen molar-refractivity contribution >= 4 is 22.6 Å². The van der Waals surface area contributed by atoms with E-state index in [1.165, 1.54) is 21.7 Å². The lowest BCUT2D eigenvalue weighted by atomic mass is 10.2. The molecule has 2 aromatic heterocycles. The van der Waals surface area contributed by atoms with Crippen molar-refractivity contribution in [3.05, 3.63) is 82.8 Å². The molecular weight excluding hydrogens is 318 g/mol. The summed E-state index contributed by atoms with van der Waals surface area (Å²) in [6.07, 6.45) is 2.85. The second-order valence-corrected chi connectivity index (χ2v) is 5.69. The first-order valence-electron chi connectivity index (χ1n) is 7.73. The molecule has 0 saturated heterocycles. The highest BCUT2D eigenvalue weighted by Gasteiger charge is 2.19. The summed E-state index contributed by atoms with van der Waals surface area (Å²) in [5.41, 5.74) is 8.41. The van der Waals surface area contributed by atoms with E-state index in [2.05, 4.69) is 9.97 Å². The van der Waals surface area contributed by atoms with Crippen LogP contribution in [0.4, 0.5) is 5.69 Å². The highest BCUT2D eigenvalue weighted by atomic mass is 16.2. The molecule has 0 atom stereocenters. The van der Waals surface area contributed by atoms with Crippen LogP contribution in [-0.4, -0.2) is 25.0 Å². The molecule has 0 amide bonds. The summed E-state index contributed by atoms with van der Waals surface area (Å²) in [5, 5.41) is 0. The number of rotatable bonds is 3. The number of hydrogen-bond acceptors (Lipinski definition) is 4. The van der Waals surface area contributed by atoms with Crippen molar-refractivity contribution in [1.82, 2.24) is 19.1 Å². The van der Waals surface area contributed by atoms with Crippen LogP contribution in [-0.2, 0) is 6.54 Å². The number of aromatic amines is 1. The molecule has 2 heterocycles. The third kappa shape index (κ3) is 2.51. The largest absolute Gasteiger partial charge is 0.397 e. The normalized spacial score (nSPS) is 11.0. The predicted molar refractivity (Wildman–Crippen MR) is 94.5 cm³/mol. The van der Waals surface area contributed by atoms with Crippen molar-refractivity contribution in [2.45, 2.75) is 6.54 Å². The number of nitrogens with zero attached hydrogens (tertiary/aromatic N) is 3. The molecule has 4 aromatic rings. The fraction of sp³-hybridized carbons (Fsp3) is 0.0556. The number of carbonyl (C=O) groups is 1. The van der Waals surface area contributed by atoms with Crippen LogP contribution >= 0.6 is 0 Å². The van der Waals surface area contributed by atoms with Gasteiger partial charge in [0, 0.05) is 6.20 Å². The van der Waals surface area contributed by atoms with Crippen molar-refractivity contribution in [3.8, 4) is 0 Å². The Bertz CT molecular complexity index is 1120. The number of nitrogens with one attached hydrogen (secondary N) is 1. The second-order valence-electron chi connectivity index (χ2n) is 5.69. The van der Waals surface area contributed by atoms with E-state index in [0.29, 0.717) is 23.3 Å². The Balaban J connectivity index is 1.78. The fourth-order valence-corrected chi connectivity index (χ4v) is 2.84. The van der Waals surface area contributed by atoms with Crippen molar-refractivity contribution < 1.29 is 4.79 Å². The first-order valence-corrected chi connectivity index (χ1v) is 7.73. The summed E-state index contributed by atoms with van der Waals surface area (Å²) in [4.78, 5) is 31.9. The molecule has 2 aromatic carbocycles. The van der Waals surface area contributed by atoms with Gasteiger partial charge >= 0.3 is 5.69 Å². The predicted octanol–water partition coefficient (Wildman–Crippen LogP) is 1.85. The molecule has 0 radical (unpaired) electrons. The average Bonchev–Trinajstić information content (AvgIpc) is 3.21. The first kappa shape index (κ1) is 14.9. The van der Waals surface area contributed by atoms with Crippen LogP contribution in [0, 0.1) is 0 Å². The number of nitrogen functional groups attached to an aromatic ring is 1. The van der Waals surface area contributed by atoms with Gasteiger partial charge in [0.2, 0.25) is 0 Å². The molecule has 0 bridgehead atoms. The van der Waals surface area contributed by atoms with Crippen LogP contribution in [0.2, 0.25) is 0 Å². The van der Waals surface area contributed by atoms with E-state index >= 15 is 0 Å². The zero-order valence-electron chi connectivity index (χ0n) is 13.2. The molecule has 0 saturated carbocycles. The third-order valence-corrected chi connectivity index (χ3v) is 4.10. The van der Waals surface area contributed by atoms with E-state index < -0.39 is 0 Å². The molecular formula is C18H15N5O2. The third-order valence-electron chi connectivity index (χ3n) is 4.10. The fourth-order valence-electron chi connectivity index (χ4n) is 2.84. The summed E-state index contributed by atoms with van der Waals surface area (Å²) in [5.74, 6) is -0.345. The summed E-state index contributed by atoms with van der Waals surface area (Å²) >= 11 is 0. The minimum Gasteiger partial charge on any atom is -0.397 e. The van der Waals surface area contributed by atoms with E-state index in [1.807, 2.05) is 30.3 Å². The first-order chi connectivity index (χ1) is 12.1. The van der Waals surface area contributed by atoms with Gasteiger partial charge in [-0.25, -0.2) is 9.78 Å². The van der Waals surface area contributed by atoms with Crippen molar-refractivity contribution in [1.29, 1.82) is 0 Å². The SMILES string of the molecule is Nc1cccc2c1ncn2C(=O)c1c[nH]c(=O)n1Cc1ccccc1. The molecule has 0 aliphatic carbocycles. The van der Waals surface area contributed by atoms with Gasteiger partial charge in [-0.3, -0.25) is 13.9 Å². The van der Waals surface area contributed by atoms with Gasteiger partial charge < -0.3 is 10.7 Å². The lowest BCUT2D eigenvalue weighted by Crippen LogP contribution is -2.24. The standard InChI is InChI=1S/C18H15N5O2/c19-13-7-4-8-14-16(13)21-11-23(14)17(24)15-9-20-18(25)22(15)10-12-5-2-1-3-6-12/h1-9,11H,10,19H2,(H,20,25). The minimum absolute atomic E-state index is 0.260. The molecule has 0 aliphatic heterocycles. The van der Waals surface area contributed by atoms with E-state index in [0.717, 1.165) is 5.56 Å². The summed E-state index contributed by atoms with van der Waals surface area (Å²) in [7, 11) is 0. The van der Waals surface area contributed by atoms with Gasteiger partial charge in [-0.05, 0) is 17.7 Å². The van der Waals surface area contributed by atoms with E-state index in [9.17, 15) is 9.59 Å². The molecule has 124 valence electrons. The average molecular weight is 333 g/mol. The second kappa shape index (κ2) is 5.79. The molecule has 7 heteroatoms. The molecule has 3 N–H and O–H groups in total. The number of fused-ring (bicyclic) bond motifs is 1. The summed E-state index contributed by atoms with van der Waals surface area (Å²) < 4.78 is 2.81. The van der Waals surface area contributed by atoms with Crippen LogP contribution in [0.25, 0.3) is 11.0 Å². The number of H-pyrrole nitrogens is 1. The van der Waals surface area contributed by atoms with Crippen molar-refractivity contribution in [2.24, 2.45) is 0 Å². The van der Waals surface area contributed by atoms with Crippen LogP contribution < -0.4 is 11.4 Å². The zero-order valence-corrected chi connectivity index (χ0v) is 13.2. The highest BCUT2D eigenvalue weighted by molar-refractivity contribution is 6.01. The number of para-hydroxylation sites is 1. The van der Waals surface area contributed by atoms with Gasteiger partial charge in [0.1, 0.15) is 17.5 Å². The van der Waals surface area contributed by atoms with E-state index in [1.54, 1.807) is 18.2 Å². The monoisotopic (exact) mass is 333 g/mol. The molecule has 0 spiro atoms. The lowest BCUT2D eigenvalue weighted by molar-refractivity contribution is 0.0955. The Morgan fingerprint density at radius 1 is 1.12 bits per heavy atom. The van der Waals surface area contributed by atoms with Crippen LogP contribution in [0.15, 0.2) is 65.8 Å². The minimum atomic E-state index is -0.345. The Hall–Kier alpha value is -3.61. The number of carbonyl (C=O) groups excluding carboxylic acids is 1. The van der Waals surface area contributed by atoms with Gasteiger partial charge in [-0.2, -0.15) is 0 Å². The van der Waals surface area contributed by atoms with Crippen LogP contribution in [0.3, 0.4) is 0 Å². The van der Waals surface area contributed by atoms with Crippen molar-refractivity contribution in [3.63, 3.8) is 0 Å². The summed E-state index contributed by atoms with van der Waals surface area (Å²) in [6, 6.07) is 14.7. The van der Waals surface area contributed by atoms with E-state index in [4.69, 9.17) is 5.73 Å². The number of aromatic nitrogens is 4. The topological polar surface area (TPSA) is 98.7 Å². The molecule has 0 aliphatic rings. The zero-order chi connectivity index (χ0) is 17.4. The number of hydrogen-bond donors (Lipinski definition) is 2. The maximum absolute atomic E-state index is 13.0. The van der Waals surface area contributed by atoms with Crippen molar-refractivity contribution in [2.75, 3.05) is 5.73 Å². The van der Waals surface area contributed by atoms with Gasteiger partial charge in [-0.15, -0.1) is 0 Å². The van der Waals surface area contributed by atoms with E-state index in [-0.39, 0.29) is 17.3 Å². The number of imidazole rings is 2. The number of benzene rings is 2. The molecule has 0 unspecified atom stereocenters. The van der Waals surface area contributed by atoms with Gasteiger partial charge in [-0.1, -0.05) is 36.4 Å². The highest BCUT2D eigenvalue weighted by Crippen LogP contribution is 2.20. The smallest absolute Gasteiger partial charge is 0.326 e. The molecule has 4 rings (SSSR count). The molecule has 0 fully saturated rings. The molecule has 7 nitrogen and oxygen atoms in total. The summed E-state index contributed by atoms with van der Waals surface area (Å²) in [6.45, 7) is 0.305. The van der Waals surface area contributed by atoms with Gasteiger partial charge in [0.05, 0.1) is 17.7 Å². The Labute approximate surface area is 142 Å². The van der Waals surface area contributed by atoms with Crippen LogP contribution in [0.5, 0.6) is 0 Å². The number of anilines is 1. The number of nitrogens with two attached hydrogens (primary N) is 1. The Morgan fingerprint density at radius 2 is 1.92 bits per heavy atom. The van der Waals surface area contributed by atoms with Gasteiger partial charge in [0.25, 0.3) is 5.91 Å². The maximum atomic E-state index is 13.0. The Morgan fingerprint density at radius 3 is 2.72 bits per heavy atom. The van der Waals surface area contributed by atoms with Gasteiger partial charge in [0.15, 0.2) is 0 Å². The maximum Gasteiger partial charge on any atom is 0.326 e. The molecule has 25 heavy (non-hydrogen) atoms.